The van der Waals surface area contributed by atoms with Crippen LogP contribution in [0.4, 0.5) is 11.9 Å². The highest BCUT2D eigenvalue weighted by Gasteiger charge is 2.10. The predicted octanol–water partition coefficient (Wildman–Crippen LogP) is 2.03. The fourth-order valence-corrected chi connectivity index (χ4v) is 2.60. The second kappa shape index (κ2) is 13.6. The average molecular weight is 435 g/mol. The number of anilines is 2. The zero-order chi connectivity index (χ0) is 22.5. The second-order valence-electron chi connectivity index (χ2n) is 7.01. The molecule has 1 aromatic heterocycles. The Hall–Kier alpha value is -2.69. The molecule has 31 heavy (non-hydrogen) atoms. The Balaban J connectivity index is 1.93. The van der Waals surface area contributed by atoms with E-state index in [2.05, 4.69) is 25.6 Å². The third kappa shape index (κ3) is 8.91. The molecule has 0 radical (unpaired) electrons. The van der Waals surface area contributed by atoms with Gasteiger partial charge in [-0.1, -0.05) is 13.8 Å². The molecule has 1 heterocycles. The summed E-state index contributed by atoms with van der Waals surface area (Å²) in [6.07, 6.45) is 0. The monoisotopic (exact) mass is 434 g/mol. The van der Waals surface area contributed by atoms with E-state index < -0.39 is 0 Å². The van der Waals surface area contributed by atoms with Crippen LogP contribution >= 0.6 is 0 Å². The van der Waals surface area contributed by atoms with Crippen LogP contribution in [0.5, 0.6) is 11.5 Å². The van der Waals surface area contributed by atoms with Gasteiger partial charge in [-0.05, 0) is 17.7 Å². The fraction of sp³-hybridized carbons (Fsp3) is 0.571. The summed E-state index contributed by atoms with van der Waals surface area (Å²) in [5.74, 6) is 3.33. The van der Waals surface area contributed by atoms with Crippen molar-refractivity contribution in [3.63, 3.8) is 0 Å². The summed E-state index contributed by atoms with van der Waals surface area (Å²) in [6.45, 7) is 7.80. The van der Waals surface area contributed by atoms with E-state index in [1.54, 1.807) is 14.2 Å². The van der Waals surface area contributed by atoms with Gasteiger partial charge in [-0.15, -0.1) is 0 Å². The normalized spacial score (nSPS) is 10.9. The lowest BCUT2D eigenvalue weighted by molar-refractivity contribution is 0.0547. The maximum Gasteiger partial charge on any atom is 0.228 e. The number of rotatable bonds is 15. The number of methoxy groups -OCH3 is 2. The Morgan fingerprint density at radius 1 is 0.839 bits per heavy atom. The molecule has 0 aliphatic heterocycles. The van der Waals surface area contributed by atoms with E-state index >= 15 is 0 Å². The van der Waals surface area contributed by atoms with Crippen molar-refractivity contribution < 1.29 is 18.9 Å². The lowest BCUT2D eigenvalue weighted by atomic mass is 10.2. The first-order chi connectivity index (χ1) is 15.0. The average Bonchev–Trinajstić information content (AvgIpc) is 2.79. The van der Waals surface area contributed by atoms with E-state index in [9.17, 15) is 0 Å². The number of hydrogen-bond acceptors (Lipinski definition) is 10. The van der Waals surface area contributed by atoms with Gasteiger partial charge in [0.2, 0.25) is 11.9 Å². The molecule has 0 atom stereocenters. The number of nitrogens with one attached hydrogen (secondary N) is 2. The molecular formula is C21H34N6O4. The van der Waals surface area contributed by atoms with E-state index in [1.807, 2.05) is 32.0 Å². The molecule has 0 saturated heterocycles. The SMILES string of the molecule is COc1cc(CNc2nc(NCCOCCOCCN)nc(C(C)C)n2)cc(OC)c1. The molecule has 0 amide bonds. The van der Waals surface area contributed by atoms with Crippen molar-refractivity contribution in [2.24, 2.45) is 5.73 Å². The molecule has 10 heteroatoms. The molecule has 0 aliphatic rings. The molecule has 0 unspecified atom stereocenters. The van der Waals surface area contributed by atoms with Crippen LogP contribution in [0.15, 0.2) is 18.2 Å². The van der Waals surface area contributed by atoms with Crippen LogP contribution in [0.3, 0.4) is 0 Å². The van der Waals surface area contributed by atoms with Crippen molar-refractivity contribution in [1.29, 1.82) is 0 Å². The zero-order valence-electron chi connectivity index (χ0n) is 18.8. The van der Waals surface area contributed by atoms with E-state index in [4.69, 9.17) is 24.7 Å². The molecule has 0 aliphatic carbocycles. The van der Waals surface area contributed by atoms with Gasteiger partial charge >= 0.3 is 0 Å². The van der Waals surface area contributed by atoms with Gasteiger partial charge in [-0.2, -0.15) is 15.0 Å². The third-order valence-electron chi connectivity index (χ3n) is 4.19. The van der Waals surface area contributed by atoms with Crippen molar-refractivity contribution in [2.75, 3.05) is 64.4 Å². The van der Waals surface area contributed by atoms with E-state index in [-0.39, 0.29) is 5.92 Å². The van der Waals surface area contributed by atoms with Crippen LogP contribution in [0.25, 0.3) is 0 Å². The van der Waals surface area contributed by atoms with Crippen LogP contribution in [0.2, 0.25) is 0 Å². The quantitative estimate of drug-likeness (QED) is 0.358. The van der Waals surface area contributed by atoms with Crippen LogP contribution in [0, 0.1) is 0 Å². The fourth-order valence-electron chi connectivity index (χ4n) is 2.60. The van der Waals surface area contributed by atoms with Crippen LogP contribution < -0.4 is 25.8 Å². The standard InChI is InChI=1S/C21H34N6O4/c1-15(2)19-25-20(23-6-8-31-10-9-30-7-5-22)27-21(26-19)24-14-16-11-17(28-3)13-18(12-16)29-4/h11-13,15H,5-10,14,22H2,1-4H3,(H2,23,24,25,26,27). The Bertz CT molecular complexity index is 768. The molecular weight excluding hydrogens is 400 g/mol. The van der Waals surface area contributed by atoms with Crippen molar-refractivity contribution >= 4 is 11.9 Å². The number of ether oxygens (including phenoxy) is 4. The van der Waals surface area contributed by atoms with Gasteiger partial charge in [-0.25, -0.2) is 0 Å². The van der Waals surface area contributed by atoms with Crippen molar-refractivity contribution in [2.45, 2.75) is 26.3 Å². The maximum absolute atomic E-state index is 5.52. The summed E-state index contributed by atoms with van der Waals surface area (Å²) in [4.78, 5) is 13.5. The lowest BCUT2D eigenvalue weighted by Crippen LogP contribution is -2.17. The summed E-state index contributed by atoms with van der Waals surface area (Å²) in [5.41, 5.74) is 6.36. The Morgan fingerprint density at radius 2 is 1.45 bits per heavy atom. The number of nitrogens with zero attached hydrogens (tertiary/aromatic N) is 3. The smallest absolute Gasteiger partial charge is 0.228 e. The number of hydrogen-bond donors (Lipinski definition) is 3. The maximum atomic E-state index is 5.52. The second-order valence-corrected chi connectivity index (χ2v) is 7.01. The Morgan fingerprint density at radius 3 is 2.03 bits per heavy atom. The summed E-state index contributed by atoms with van der Waals surface area (Å²) in [5, 5.41) is 6.45. The van der Waals surface area contributed by atoms with Gasteiger partial charge in [0.1, 0.15) is 17.3 Å². The van der Waals surface area contributed by atoms with E-state index in [1.165, 1.54) is 0 Å². The summed E-state index contributed by atoms with van der Waals surface area (Å²) >= 11 is 0. The minimum absolute atomic E-state index is 0.164. The Labute approximate surface area is 183 Å². The predicted molar refractivity (Wildman–Crippen MR) is 120 cm³/mol. The molecule has 10 nitrogen and oxygen atoms in total. The van der Waals surface area contributed by atoms with Gasteiger partial charge in [0.05, 0.1) is 40.6 Å². The van der Waals surface area contributed by atoms with Crippen molar-refractivity contribution in [3.8, 4) is 11.5 Å². The van der Waals surface area contributed by atoms with Crippen molar-refractivity contribution in [3.05, 3.63) is 29.6 Å². The van der Waals surface area contributed by atoms with Crippen LogP contribution in [0.1, 0.15) is 31.2 Å². The van der Waals surface area contributed by atoms with Crippen molar-refractivity contribution in [1.82, 2.24) is 15.0 Å². The Kier molecular flexibility index (Phi) is 10.8. The topological polar surface area (TPSA) is 126 Å². The highest BCUT2D eigenvalue weighted by atomic mass is 16.5. The molecule has 0 spiro atoms. The molecule has 1 aromatic carbocycles. The molecule has 2 aromatic rings. The number of nitrogens with two attached hydrogens (primary N) is 1. The summed E-state index contributed by atoms with van der Waals surface area (Å²) in [7, 11) is 3.25. The van der Waals surface area contributed by atoms with Gasteiger partial charge in [0.25, 0.3) is 0 Å². The van der Waals surface area contributed by atoms with Gasteiger partial charge < -0.3 is 35.3 Å². The molecule has 172 valence electrons. The lowest BCUT2D eigenvalue weighted by Gasteiger charge is -2.13. The third-order valence-corrected chi connectivity index (χ3v) is 4.19. The van der Waals surface area contributed by atoms with Crippen LogP contribution in [-0.2, 0) is 16.0 Å². The largest absolute Gasteiger partial charge is 0.497 e. The summed E-state index contributed by atoms with van der Waals surface area (Å²) in [6, 6.07) is 5.71. The van der Waals surface area contributed by atoms with E-state index in [0.717, 1.165) is 17.1 Å². The van der Waals surface area contributed by atoms with Crippen LogP contribution in [-0.4, -0.2) is 68.7 Å². The minimum atomic E-state index is 0.164. The zero-order valence-corrected chi connectivity index (χ0v) is 18.8. The van der Waals surface area contributed by atoms with Gasteiger partial charge in [-0.3, -0.25) is 0 Å². The van der Waals surface area contributed by atoms with Gasteiger partial charge in [0, 0.05) is 31.6 Å². The van der Waals surface area contributed by atoms with Gasteiger partial charge in [0.15, 0.2) is 0 Å². The summed E-state index contributed by atoms with van der Waals surface area (Å²) < 4.78 is 21.4. The number of aromatic nitrogens is 3. The highest BCUT2D eigenvalue weighted by molar-refractivity contribution is 5.41. The minimum Gasteiger partial charge on any atom is -0.497 e. The molecule has 4 N–H and O–H groups in total. The molecule has 0 bridgehead atoms. The molecule has 2 rings (SSSR count). The first-order valence-electron chi connectivity index (χ1n) is 10.4. The highest BCUT2D eigenvalue weighted by Crippen LogP contribution is 2.23. The molecule has 0 fully saturated rings. The number of benzene rings is 1. The van der Waals surface area contributed by atoms with E-state index in [0.29, 0.717) is 63.8 Å². The first-order valence-corrected chi connectivity index (χ1v) is 10.4. The first kappa shape index (κ1) is 24.6. The molecule has 0 saturated carbocycles.